The third-order valence-electron chi connectivity index (χ3n) is 4.99. The van der Waals surface area contributed by atoms with E-state index in [-0.39, 0.29) is 18.3 Å². The molecule has 0 saturated carbocycles. The topological polar surface area (TPSA) is 64.6 Å². The van der Waals surface area contributed by atoms with Crippen molar-refractivity contribution in [1.29, 1.82) is 0 Å². The highest BCUT2D eigenvalue weighted by Crippen LogP contribution is 2.44. The van der Waals surface area contributed by atoms with Gasteiger partial charge in [0.2, 0.25) is 0 Å². The van der Waals surface area contributed by atoms with Gasteiger partial charge in [0.05, 0.1) is 6.61 Å². The second-order valence-electron chi connectivity index (χ2n) is 7.05. The van der Waals surface area contributed by atoms with Crippen LogP contribution in [0.25, 0.3) is 11.1 Å². The fourth-order valence-electron chi connectivity index (χ4n) is 3.62. The number of ketones is 1. The quantitative estimate of drug-likeness (QED) is 0.452. The third-order valence-corrected chi connectivity index (χ3v) is 4.99. The summed E-state index contributed by atoms with van der Waals surface area (Å²) in [4.78, 5) is 23.7. The van der Waals surface area contributed by atoms with Crippen molar-refractivity contribution in [2.45, 2.75) is 25.2 Å². The monoisotopic (exact) mass is 393 g/mol. The van der Waals surface area contributed by atoms with E-state index < -0.39 is 6.09 Å². The minimum absolute atomic E-state index is 0.0568. The molecule has 1 amide bonds. The van der Waals surface area contributed by atoms with Gasteiger partial charge in [-0.1, -0.05) is 54.6 Å². The predicted octanol–water partition coefficient (Wildman–Crippen LogP) is 4.47. The third kappa shape index (κ3) is 5.55. The van der Waals surface area contributed by atoms with Gasteiger partial charge >= 0.3 is 6.09 Å². The van der Waals surface area contributed by atoms with Crippen LogP contribution >= 0.6 is 0 Å². The first-order valence-corrected chi connectivity index (χ1v) is 10.00. The number of carbonyl (C=O) groups is 2. The first kappa shape index (κ1) is 20.8. The van der Waals surface area contributed by atoms with E-state index in [0.29, 0.717) is 32.6 Å². The van der Waals surface area contributed by atoms with E-state index in [1.54, 1.807) is 6.08 Å². The molecule has 0 aromatic heterocycles. The highest BCUT2D eigenvalue weighted by atomic mass is 16.5. The lowest BCUT2D eigenvalue weighted by Crippen LogP contribution is -2.27. The Morgan fingerprint density at radius 3 is 2.31 bits per heavy atom. The average molecular weight is 393 g/mol. The van der Waals surface area contributed by atoms with E-state index in [4.69, 9.17) is 9.47 Å². The van der Waals surface area contributed by atoms with Crippen molar-refractivity contribution >= 4 is 11.9 Å². The van der Waals surface area contributed by atoms with Crippen molar-refractivity contribution in [3.63, 3.8) is 0 Å². The zero-order valence-electron chi connectivity index (χ0n) is 16.6. The Balaban J connectivity index is 1.39. The Morgan fingerprint density at radius 2 is 1.66 bits per heavy atom. The molecule has 5 heteroatoms. The normalized spacial score (nSPS) is 12.1. The number of unbranched alkanes of at least 4 members (excludes halogenated alkanes) is 1. The van der Waals surface area contributed by atoms with Crippen LogP contribution in [0, 0.1) is 0 Å². The highest BCUT2D eigenvalue weighted by Gasteiger charge is 2.28. The zero-order valence-corrected chi connectivity index (χ0v) is 16.6. The number of hydrogen-bond donors (Lipinski definition) is 1. The van der Waals surface area contributed by atoms with Crippen LogP contribution in [0.2, 0.25) is 0 Å². The SMILES string of the molecule is C=CCOCC(=O)CCCCNC(=O)OCC1c2ccccc2-c2ccccc21. The van der Waals surface area contributed by atoms with Crippen LogP contribution in [-0.2, 0) is 14.3 Å². The molecule has 5 nitrogen and oxygen atoms in total. The molecule has 1 aliphatic rings. The van der Waals surface area contributed by atoms with Gasteiger partial charge in [-0.15, -0.1) is 6.58 Å². The number of hydrogen-bond acceptors (Lipinski definition) is 4. The molecule has 0 heterocycles. The molecule has 0 saturated heterocycles. The van der Waals surface area contributed by atoms with Crippen LogP contribution in [0.5, 0.6) is 0 Å². The molecule has 0 bridgehead atoms. The van der Waals surface area contributed by atoms with Crippen molar-refractivity contribution in [2.75, 3.05) is 26.4 Å². The zero-order chi connectivity index (χ0) is 20.5. The van der Waals surface area contributed by atoms with Gasteiger partial charge in [0.1, 0.15) is 13.2 Å². The van der Waals surface area contributed by atoms with Gasteiger partial charge in [-0.25, -0.2) is 4.79 Å². The van der Waals surface area contributed by atoms with Crippen LogP contribution in [0.4, 0.5) is 4.79 Å². The molecule has 0 aliphatic heterocycles. The summed E-state index contributed by atoms with van der Waals surface area (Å²) in [5, 5.41) is 2.76. The predicted molar refractivity (Wildman–Crippen MR) is 113 cm³/mol. The number of benzene rings is 2. The summed E-state index contributed by atoms with van der Waals surface area (Å²) < 4.78 is 10.6. The molecule has 2 aromatic carbocycles. The number of carbonyl (C=O) groups excluding carboxylic acids is 2. The molecule has 0 spiro atoms. The summed E-state index contributed by atoms with van der Waals surface area (Å²) in [6, 6.07) is 16.5. The molecular formula is C24H27NO4. The van der Waals surface area contributed by atoms with E-state index in [1.807, 2.05) is 24.3 Å². The van der Waals surface area contributed by atoms with Crippen molar-refractivity contribution in [3.05, 3.63) is 72.3 Å². The minimum Gasteiger partial charge on any atom is -0.449 e. The lowest BCUT2D eigenvalue weighted by atomic mass is 9.98. The first-order valence-electron chi connectivity index (χ1n) is 10.00. The Labute approximate surface area is 171 Å². The summed E-state index contributed by atoms with van der Waals surface area (Å²) in [5.74, 6) is 0.120. The second-order valence-corrected chi connectivity index (χ2v) is 7.05. The molecule has 0 unspecified atom stereocenters. The van der Waals surface area contributed by atoms with Crippen molar-refractivity contribution < 1.29 is 19.1 Å². The smallest absolute Gasteiger partial charge is 0.407 e. The average Bonchev–Trinajstić information content (AvgIpc) is 3.06. The largest absolute Gasteiger partial charge is 0.449 e. The Hall–Kier alpha value is -2.92. The molecule has 29 heavy (non-hydrogen) atoms. The Morgan fingerprint density at radius 1 is 1.00 bits per heavy atom. The van der Waals surface area contributed by atoms with Crippen molar-refractivity contribution in [2.24, 2.45) is 0 Å². The van der Waals surface area contributed by atoms with Gasteiger partial charge in [-0.3, -0.25) is 4.79 Å². The van der Waals surface area contributed by atoms with Crippen LogP contribution in [0.15, 0.2) is 61.2 Å². The molecule has 0 fully saturated rings. The number of alkyl carbamates (subject to hydrolysis) is 1. The van der Waals surface area contributed by atoms with Crippen molar-refractivity contribution in [1.82, 2.24) is 5.32 Å². The first-order chi connectivity index (χ1) is 14.2. The summed E-state index contributed by atoms with van der Waals surface area (Å²) in [7, 11) is 0. The highest BCUT2D eigenvalue weighted by molar-refractivity contribution is 5.80. The summed E-state index contributed by atoms with van der Waals surface area (Å²) in [6.07, 6.45) is 3.07. The van der Waals surface area contributed by atoms with E-state index in [2.05, 4.69) is 36.2 Å². The van der Waals surface area contributed by atoms with Gasteiger partial charge in [-0.2, -0.15) is 0 Å². The number of fused-ring (bicyclic) bond motifs is 3. The number of amides is 1. The Kier molecular flexibility index (Phi) is 7.59. The van der Waals surface area contributed by atoms with E-state index >= 15 is 0 Å². The molecule has 0 radical (unpaired) electrons. The number of Topliss-reactive ketones (excluding diaryl/α,β-unsaturated/α-hetero) is 1. The van der Waals surface area contributed by atoms with Gasteiger partial charge < -0.3 is 14.8 Å². The number of ether oxygens (including phenoxy) is 2. The van der Waals surface area contributed by atoms with Gasteiger partial charge in [0, 0.05) is 18.9 Å². The van der Waals surface area contributed by atoms with Crippen LogP contribution < -0.4 is 5.32 Å². The van der Waals surface area contributed by atoms with Crippen LogP contribution in [-0.4, -0.2) is 38.2 Å². The summed E-state index contributed by atoms with van der Waals surface area (Å²) in [6.45, 7) is 4.82. The molecule has 1 aliphatic carbocycles. The fourth-order valence-corrected chi connectivity index (χ4v) is 3.62. The molecule has 2 aromatic rings. The second kappa shape index (κ2) is 10.6. The molecular weight excluding hydrogens is 366 g/mol. The summed E-state index contributed by atoms with van der Waals surface area (Å²) in [5.41, 5.74) is 4.80. The molecule has 1 N–H and O–H groups in total. The number of rotatable bonds is 11. The van der Waals surface area contributed by atoms with Gasteiger partial charge in [-0.05, 0) is 35.1 Å². The molecule has 152 valence electrons. The van der Waals surface area contributed by atoms with E-state index in [1.165, 1.54) is 22.3 Å². The van der Waals surface area contributed by atoms with Gasteiger partial charge in [0.15, 0.2) is 5.78 Å². The molecule has 3 rings (SSSR count). The summed E-state index contributed by atoms with van der Waals surface area (Å²) >= 11 is 0. The lowest BCUT2D eigenvalue weighted by Gasteiger charge is -2.14. The van der Waals surface area contributed by atoms with Crippen LogP contribution in [0.1, 0.15) is 36.3 Å². The lowest BCUT2D eigenvalue weighted by molar-refractivity contribution is -0.123. The standard InChI is InChI=1S/C24H27NO4/c1-2-15-28-16-18(26)9-7-8-14-25-24(27)29-17-23-21-12-5-3-10-19(21)20-11-4-6-13-22(20)23/h2-6,10-13,23H,1,7-9,14-17H2,(H,25,27). The minimum atomic E-state index is -0.424. The maximum absolute atomic E-state index is 12.1. The maximum atomic E-state index is 12.1. The van der Waals surface area contributed by atoms with Gasteiger partial charge in [0.25, 0.3) is 0 Å². The molecule has 0 atom stereocenters. The maximum Gasteiger partial charge on any atom is 0.407 e. The Bertz CT molecular complexity index is 816. The number of nitrogens with one attached hydrogen (secondary N) is 1. The van der Waals surface area contributed by atoms with E-state index in [9.17, 15) is 9.59 Å². The van der Waals surface area contributed by atoms with Crippen LogP contribution in [0.3, 0.4) is 0 Å². The fraction of sp³-hybridized carbons (Fsp3) is 0.333. The van der Waals surface area contributed by atoms with E-state index in [0.717, 1.165) is 6.42 Å². The van der Waals surface area contributed by atoms with Crippen molar-refractivity contribution in [3.8, 4) is 11.1 Å².